The predicted octanol–water partition coefficient (Wildman–Crippen LogP) is 1.87. The first-order valence-electron chi connectivity index (χ1n) is 5.38. The summed E-state index contributed by atoms with van der Waals surface area (Å²) in [5.74, 6) is -0.173. The van der Waals surface area contributed by atoms with Crippen LogP contribution < -0.4 is 4.46 Å². The second-order valence-electron chi connectivity index (χ2n) is 3.11. The quantitative estimate of drug-likeness (QED) is 0.468. The molecular weight excluding hydrogens is 267 g/mol. The molecule has 0 amide bonds. The minimum atomic E-state index is -0.173. The summed E-state index contributed by atoms with van der Waals surface area (Å²) in [7, 11) is 0. The van der Waals surface area contributed by atoms with Gasteiger partial charge < -0.3 is 0 Å². The van der Waals surface area contributed by atoms with Crippen molar-refractivity contribution in [3.63, 3.8) is 0 Å². The average Bonchev–Trinajstić information content (AvgIpc) is 2.30. The Kier molecular flexibility index (Phi) is 5.91. The zero-order valence-electron chi connectivity index (χ0n) is 9.60. The first-order chi connectivity index (χ1) is 7.77. The molecule has 3 heteroatoms. The van der Waals surface area contributed by atoms with Crippen molar-refractivity contribution < 1.29 is 9.53 Å². The number of carbonyl (C=O) groups excluding carboxylic acids is 1. The number of hydrogen-bond acceptors (Lipinski definition) is 2. The Balaban J connectivity index is 2.73. The van der Waals surface area contributed by atoms with E-state index in [1.165, 1.54) is 4.46 Å². The van der Waals surface area contributed by atoms with Gasteiger partial charge in [-0.1, -0.05) is 0 Å². The number of rotatable bonds is 5. The molecule has 0 fully saturated rings. The van der Waals surface area contributed by atoms with E-state index in [0.29, 0.717) is 6.61 Å². The molecule has 0 N–H and O–H groups in total. The van der Waals surface area contributed by atoms with Crippen molar-refractivity contribution in [3.05, 3.63) is 40.9 Å². The van der Waals surface area contributed by atoms with Gasteiger partial charge in [0.1, 0.15) is 0 Å². The van der Waals surface area contributed by atoms with Crippen LogP contribution in [0.25, 0.3) is 0 Å². The Labute approximate surface area is 103 Å². The summed E-state index contributed by atoms with van der Waals surface area (Å²) in [6.07, 6.45) is 2.83. The molecule has 0 aliphatic rings. The molecule has 16 heavy (non-hydrogen) atoms. The third-order valence-electron chi connectivity index (χ3n) is 1.84. The molecule has 0 unspecified atom stereocenters. The SMILES string of the molecule is CC/C=C(\[Se]c1ccccc1)C(=O)OCC. The van der Waals surface area contributed by atoms with E-state index in [0.717, 1.165) is 10.9 Å². The standard InChI is InChI=1S/C13H16O2Se/c1-3-8-12(13(14)15-4-2)16-11-9-6-5-7-10-11/h5-10H,3-4H2,1-2H3/b12-8-. The number of hydrogen-bond donors (Lipinski definition) is 0. The normalized spacial score (nSPS) is 11.2. The molecule has 0 saturated carbocycles. The Morgan fingerprint density at radius 2 is 2.00 bits per heavy atom. The van der Waals surface area contributed by atoms with Gasteiger partial charge in [-0.25, -0.2) is 0 Å². The molecule has 0 aliphatic heterocycles. The summed E-state index contributed by atoms with van der Waals surface area (Å²) in [6.45, 7) is 4.29. The topological polar surface area (TPSA) is 26.3 Å². The summed E-state index contributed by atoms with van der Waals surface area (Å²) >= 11 is 0.0452. The summed E-state index contributed by atoms with van der Waals surface area (Å²) in [6, 6.07) is 10.1. The van der Waals surface area contributed by atoms with Gasteiger partial charge >= 0.3 is 103 Å². The molecule has 2 nitrogen and oxygen atoms in total. The number of esters is 1. The van der Waals surface area contributed by atoms with Crippen LogP contribution in [-0.4, -0.2) is 27.5 Å². The maximum atomic E-state index is 11.7. The minimum absolute atomic E-state index is 0.0452. The monoisotopic (exact) mass is 284 g/mol. The van der Waals surface area contributed by atoms with Crippen LogP contribution in [0.4, 0.5) is 0 Å². The molecule has 0 spiro atoms. The van der Waals surface area contributed by atoms with Gasteiger partial charge in [-0.05, 0) is 0 Å². The fraction of sp³-hybridized carbons (Fsp3) is 0.308. The third kappa shape index (κ3) is 4.21. The molecule has 86 valence electrons. The Morgan fingerprint density at radius 3 is 2.56 bits per heavy atom. The van der Waals surface area contributed by atoms with Gasteiger partial charge in [0.2, 0.25) is 0 Å². The van der Waals surface area contributed by atoms with E-state index in [4.69, 9.17) is 4.74 Å². The van der Waals surface area contributed by atoms with Gasteiger partial charge in [0.25, 0.3) is 0 Å². The number of allylic oxidation sites excluding steroid dienone is 1. The van der Waals surface area contributed by atoms with Crippen LogP contribution in [0.1, 0.15) is 20.3 Å². The van der Waals surface area contributed by atoms with E-state index in [1.807, 2.05) is 50.3 Å². The van der Waals surface area contributed by atoms with Crippen LogP contribution in [-0.2, 0) is 9.53 Å². The fourth-order valence-electron chi connectivity index (χ4n) is 1.17. The first-order valence-corrected chi connectivity index (χ1v) is 7.09. The Bertz CT molecular complexity index is 357. The molecule has 1 rings (SSSR count). The van der Waals surface area contributed by atoms with Crippen molar-refractivity contribution in [2.75, 3.05) is 6.61 Å². The number of ether oxygens (including phenoxy) is 1. The molecule has 0 bridgehead atoms. The summed E-state index contributed by atoms with van der Waals surface area (Å²) in [5.41, 5.74) is 0. The van der Waals surface area contributed by atoms with Gasteiger partial charge in [0.15, 0.2) is 0 Å². The molecule has 0 atom stereocenters. The first kappa shape index (κ1) is 13.0. The molecule has 0 aromatic heterocycles. The maximum absolute atomic E-state index is 11.7. The molecule has 0 aliphatic carbocycles. The Hall–Kier alpha value is -1.05. The van der Waals surface area contributed by atoms with Gasteiger partial charge in [0, 0.05) is 0 Å². The zero-order valence-corrected chi connectivity index (χ0v) is 11.3. The van der Waals surface area contributed by atoms with Crippen molar-refractivity contribution in [3.8, 4) is 0 Å². The van der Waals surface area contributed by atoms with E-state index in [9.17, 15) is 4.79 Å². The van der Waals surface area contributed by atoms with Gasteiger partial charge in [0.05, 0.1) is 0 Å². The van der Waals surface area contributed by atoms with Gasteiger partial charge in [-0.15, -0.1) is 0 Å². The molecule has 0 heterocycles. The van der Waals surface area contributed by atoms with E-state index in [1.54, 1.807) is 0 Å². The van der Waals surface area contributed by atoms with Crippen molar-refractivity contribution in [1.82, 2.24) is 0 Å². The third-order valence-corrected chi connectivity index (χ3v) is 4.06. The van der Waals surface area contributed by atoms with Crippen LogP contribution >= 0.6 is 0 Å². The summed E-state index contributed by atoms with van der Waals surface area (Å²) in [4.78, 5) is 11.7. The van der Waals surface area contributed by atoms with E-state index in [2.05, 4.69) is 0 Å². The summed E-state index contributed by atoms with van der Waals surface area (Å²) < 4.78 is 7.04. The summed E-state index contributed by atoms with van der Waals surface area (Å²) in [5, 5.41) is 0. The fourth-order valence-corrected chi connectivity index (χ4v) is 3.14. The number of benzene rings is 1. The van der Waals surface area contributed by atoms with Crippen molar-refractivity contribution in [2.45, 2.75) is 20.3 Å². The second-order valence-corrected chi connectivity index (χ2v) is 5.45. The predicted molar refractivity (Wildman–Crippen MR) is 66.8 cm³/mol. The van der Waals surface area contributed by atoms with Crippen molar-refractivity contribution in [2.24, 2.45) is 0 Å². The van der Waals surface area contributed by atoms with Crippen LogP contribution in [0.2, 0.25) is 0 Å². The van der Waals surface area contributed by atoms with Crippen LogP contribution in [0.5, 0.6) is 0 Å². The van der Waals surface area contributed by atoms with Gasteiger partial charge in [-0.3, -0.25) is 0 Å². The van der Waals surface area contributed by atoms with Crippen molar-refractivity contribution >= 4 is 25.4 Å². The van der Waals surface area contributed by atoms with Crippen LogP contribution in [0.3, 0.4) is 0 Å². The molecule has 1 aromatic carbocycles. The van der Waals surface area contributed by atoms with Crippen LogP contribution in [0.15, 0.2) is 40.9 Å². The molecule has 1 aromatic rings. The van der Waals surface area contributed by atoms with Gasteiger partial charge in [-0.2, -0.15) is 0 Å². The molecule has 0 saturated heterocycles. The van der Waals surface area contributed by atoms with Crippen molar-refractivity contribution in [1.29, 1.82) is 0 Å². The Morgan fingerprint density at radius 1 is 1.31 bits per heavy atom. The molecule has 0 radical (unpaired) electrons. The second kappa shape index (κ2) is 7.26. The zero-order chi connectivity index (χ0) is 11.8. The van der Waals surface area contributed by atoms with E-state index >= 15 is 0 Å². The van der Waals surface area contributed by atoms with E-state index in [-0.39, 0.29) is 20.9 Å². The number of carbonyl (C=O) groups is 1. The average molecular weight is 283 g/mol. The van der Waals surface area contributed by atoms with Crippen LogP contribution in [0, 0.1) is 0 Å². The van der Waals surface area contributed by atoms with E-state index < -0.39 is 0 Å². The molecular formula is C13H16O2Se.